The van der Waals surface area contributed by atoms with Crippen LogP contribution in [0.5, 0.6) is 0 Å². The first-order valence-corrected chi connectivity index (χ1v) is 9.74. The summed E-state index contributed by atoms with van der Waals surface area (Å²) in [5, 5.41) is 0. The summed E-state index contributed by atoms with van der Waals surface area (Å²) >= 11 is 0. The SMILES string of the molecule is CCC(C)(OC(=O)COC(=O)CC(C)(C)C)C1CCCCC(C)(C)C1. The van der Waals surface area contributed by atoms with E-state index >= 15 is 0 Å². The summed E-state index contributed by atoms with van der Waals surface area (Å²) in [5.41, 5.74) is -0.358. The van der Waals surface area contributed by atoms with E-state index in [0.717, 1.165) is 19.3 Å². The minimum Gasteiger partial charge on any atom is -0.457 e. The summed E-state index contributed by atoms with van der Waals surface area (Å²) in [6.07, 6.45) is 6.86. The fourth-order valence-electron chi connectivity index (χ4n) is 3.74. The molecule has 0 aromatic heterocycles. The van der Waals surface area contributed by atoms with E-state index in [1.165, 1.54) is 19.3 Å². The molecule has 4 heteroatoms. The van der Waals surface area contributed by atoms with E-state index in [1.54, 1.807) is 0 Å². The van der Waals surface area contributed by atoms with Gasteiger partial charge in [0.05, 0.1) is 6.42 Å². The summed E-state index contributed by atoms with van der Waals surface area (Å²) in [4.78, 5) is 24.1. The van der Waals surface area contributed by atoms with Gasteiger partial charge in [-0.3, -0.25) is 4.79 Å². The molecule has 0 amide bonds. The molecular formula is C21H38O4. The van der Waals surface area contributed by atoms with Crippen molar-refractivity contribution in [2.75, 3.05) is 6.61 Å². The molecule has 0 saturated heterocycles. The van der Waals surface area contributed by atoms with Crippen LogP contribution in [0.1, 0.15) is 93.4 Å². The predicted molar refractivity (Wildman–Crippen MR) is 100 cm³/mol. The Labute approximate surface area is 154 Å². The molecule has 0 aliphatic heterocycles. The standard InChI is InChI=1S/C21H38O4/c1-8-21(7,16-11-9-10-12-20(5,6)13-16)25-18(23)15-24-17(22)14-19(2,3)4/h16H,8-15H2,1-7H3. The van der Waals surface area contributed by atoms with E-state index in [0.29, 0.717) is 12.3 Å². The minimum atomic E-state index is -0.491. The number of carbonyl (C=O) groups is 2. The van der Waals surface area contributed by atoms with Crippen molar-refractivity contribution in [2.45, 2.75) is 99.0 Å². The molecule has 1 aliphatic rings. The van der Waals surface area contributed by atoms with Crippen molar-refractivity contribution < 1.29 is 19.1 Å². The summed E-state index contributed by atoms with van der Waals surface area (Å²) in [5.74, 6) is -0.434. The normalized spacial score (nSPS) is 23.2. The Morgan fingerprint density at radius 1 is 1.08 bits per heavy atom. The van der Waals surface area contributed by atoms with Crippen LogP contribution in [-0.2, 0) is 19.1 Å². The molecular weight excluding hydrogens is 316 g/mol. The van der Waals surface area contributed by atoms with Crippen molar-refractivity contribution in [1.29, 1.82) is 0 Å². The molecule has 25 heavy (non-hydrogen) atoms. The smallest absolute Gasteiger partial charge is 0.344 e. The van der Waals surface area contributed by atoms with Gasteiger partial charge in [-0.1, -0.05) is 54.4 Å². The highest BCUT2D eigenvalue weighted by Crippen LogP contribution is 2.43. The van der Waals surface area contributed by atoms with Crippen LogP contribution < -0.4 is 0 Å². The quantitative estimate of drug-likeness (QED) is 0.481. The van der Waals surface area contributed by atoms with Crippen molar-refractivity contribution >= 4 is 11.9 Å². The lowest BCUT2D eigenvalue weighted by Gasteiger charge is -2.39. The third kappa shape index (κ3) is 7.79. The van der Waals surface area contributed by atoms with Crippen LogP contribution in [0.15, 0.2) is 0 Å². The van der Waals surface area contributed by atoms with E-state index in [9.17, 15) is 9.59 Å². The van der Waals surface area contributed by atoms with Crippen LogP contribution in [-0.4, -0.2) is 24.1 Å². The Morgan fingerprint density at radius 3 is 2.28 bits per heavy atom. The van der Waals surface area contributed by atoms with Crippen molar-refractivity contribution in [3.8, 4) is 0 Å². The van der Waals surface area contributed by atoms with Crippen molar-refractivity contribution in [3.05, 3.63) is 0 Å². The average molecular weight is 355 g/mol. The fourth-order valence-corrected chi connectivity index (χ4v) is 3.74. The van der Waals surface area contributed by atoms with Crippen LogP contribution in [0.2, 0.25) is 0 Å². The van der Waals surface area contributed by atoms with Gasteiger partial charge in [-0.2, -0.15) is 0 Å². The lowest BCUT2D eigenvalue weighted by Crippen LogP contribution is -2.41. The molecule has 1 saturated carbocycles. The molecule has 1 aliphatic carbocycles. The van der Waals surface area contributed by atoms with Gasteiger partial charge < -0.3 is 9.47 Å². The zero-order chi connectivity index (χ0) is 19.3. The second kappa shape index (κ2) is 8.55. The van der Waals surface area contributed by atoms with Gasteiger partial charge >= 0.3 is 11.9 Å². The second-order valence-electron chi connectivity index (χ2n) is 9.85. The first kappa shape index (κ1) is 22.0. The lowest BCUT2D eigenvalue weighted by molar-refractivity contribution is -0.175. The Kier molecular flexibility index (Phi) is 7.52. The van der Waals surface area contributed by atoms with Crippen molar-refractivity contribution in [1.82, 2.24) is 0 Å². The fraction of sp³-hybridized carbons (Fsp3) is 0.905. The highest BCUT2D eigenvalue weighted by atomic mass is 16.6. The number of rotatable bonds is 6. The topological polar surface area (TPSA) is 52.6 Å². The molecule has 2 unspecified atom stereocenters. The molecule has 4 nitrogen and oxygen atoms in total. The predicted octanol–water partition coefficient (Wildman–Crippen LogP) is 5.28. The van der Waals surface area contributed by atoms with Gasteiger partial charge in [0, 0.05) is 0 Å². The molecule has 0 N–H and O–H groups in total. The van der Waals surface area contributed by atoms with Gasteiger partial charge in [0.15, 0.2) is 6.61 Å². The number of esters is 2. The van der Waals surface area contributed by atoms with Gasteiger partial charge in [-0.05, 0) is 49.4 Å². The van der Waals surface area contributed by atoms with Gasteiger partial charge in [0.1, 0.15) is 5.60 Å². The van der Waals surface area contributed by atoms with E-state index in [1.807, 2.05) is 27.7 Å². The van der Waals surface area contributed by atoms with Crippen LogP contribution in [0.4, 0.5) is 0 Å². The third-order valence-electron chi connectivity index (χ3n) is 5.39. The Bertz CT molecular complexity index is 461. The van der Waals surface area contributed by atoms with E-state index in [-0.39, 0.29) is 23.4 Å². The highest BCUT2D eigenvalue weighted by molar-refractivity contribution is 5.76. The number of hydrogen-bond donors (Lipinski definition) is 0. The average Bonchev–Trinajstić information content (AvgIpc) is 2.64. The van der Waals surface area contributed by atoms with Crippen molar-refractivity contribution in [2.24, 2.45) is 16.7 Å². The number of hydrogen-bond acceptors (Lipinski definition) is 4. The summed E-state index contributed by atoms with van der Waals surface area (Å²) in [7, 11) is 0. The summed E-state index contributed by atoms with van der Waals surface area (Å²) < 4.78 is 10.9. The third-order valence-corrected chi connectivity index (χ3v) is 5.39. The highest BCUT2D eigenvalue weighted by Gasteiger charge is 2.40. The second-order valence-corrected chi connectivity index (χ2v) is 9.85. The zero-order valence-electron chi connectivity index (χ0n) is 17.4. The van der Waals surface area contributed by atoms with Crippen LogP contribution in [0, 0.1) is 16.7 Å². The lowest BCUT2D eigenvalue weighted by atomic mass is 9.74. The van der Waals surface area contributed by atoms with E-state index < -0.39 is 11.6 Å². The van der Waals surface area contributed by atoms with Crippen molar-refractivity contribution in [3.63, 3.8) is 0 Å². The summed E-state index contributed by atoms with van der Waals surface area (Å²) in [6, 6.07) is 0. The maximum atomic E-state index is 12.3. The van der Waals surface area contributed by atoms with Crippen LogP contribution in [0.3, 0.4) is 0 Å². The monoisotopic (exact) mass is 354 g/mol. The molecule has 2 atom stereocenters. The molecule has 1 fully saturated rings. The Balaban J connectivity index is 2.63. The molecule has 0 aromatic carbocycles. The summed E-state index contributed by atoms with van der Waals surface area (Å²) in [6.45, 7) is 14.3. The molecule has 0 aromatic rings. The Morgan fingerprint density at radius 2 is 1.72 bits per heavy atom. The first-order valence-electron chi connectivity index (χ1n) is 9.74. The molecule has 1 rings (SSSR count). The number of ether oxygens (including phenoxy) is 2. The molecule has 0 radical (unpaired) electrons. The van der Waals surface area contributed by atoms with Crippen LogP contribution in [0.25, 0.3) is 0 Å². The first-order chi connectivity index (χ1) is 11.4. The number of carbonyl (C=O) groups excluding carboxylic acids is 2. The maximum Gasteiger partial charge on any atom is 0.344 e. The van der Waals surface area contributed by atoms with E-state index in [4.69, 9.17) is 9.47 Å². The molecule has 0 spiro atoms. The largest absolute Gasteiger partial charge is 0.457 e. The molecule has 146 valence electrons. The molecule has 0 heterocycles. The molecule has 0 bridgehead atoms. The van der Waals surface area contributed by atoms with Gasteiger partial charge in [-0.25, -0.2) is 4.79 Å². The van der Waals surface area contributed by atoms with Crippen LogP contribution >= 0.6 is 0 Å². The van der Waals surface area contributed by atoms with Gasteiger partial charge in [-0.15, -0.1) is 0 Å². The Hall–Kier alpha value is -1.06. The maximum absolute atomic E-state index is 12.3. The van der Waals surface area contributed by atoms with Gasteiger partial charge in [0.25, 0.3) is 0 Å². The zero-order valence-corrected chi connectivity index (χ0v) is 17.4. The minimum absolute atomic E-state index is 0.148. The van der Waals surface area contributed by atoms with Gasteiger partial charge in [0.2, 0.25) is 0 Å². The van der Waals surface area contributed by atoms with E-state index in [2.05, 4.69) is 20.8 Å².